The van der Waals surface area contributed by atoms with Crippen LogP contribution < -0.4 is 5.73 Å². The summed E-state index contributed by atoms with van der Waals surface area (Å²) in [6.45, 7) is 1.59. The van der Waals surface area contributed by atoms with Crippen LogP contribution in [-0.2, 0) is 6.42 Å². The second-order valence-electron chi connectivity index (χ2n) is 2.94. The predicted octanol–water partition coefficient (Wildman–Crippen LogP) is 1.97. The van der Waals surface area contributed by atoms with Crippen LogP contribution >= 0.6 is 0 Å². The van der Waals surface area contributed by atoms with Gasteiger partial charge in [0.25, 0.3) is 0 Å². The zero-order valence-electron chi connectivity index (χ0n) is 7.05. The highest BCUT2D eigenvalue weighted by Crippen LogP contribution is 2.19. The molecule has 0 spiro atoms. The van der Waals surface area contributed by atoms with Gasteiger partial charge in [0.1, 0.15) is 5.82 Å². The van der Waals surface area contributed by atoms with Crippen molar-refractivity contribution >= 4 is 10.9 Å². The minimum absolute atomic E-state index is 0.224. The Morgan fingerprint density at radius 2 is 2.31 bits per heavy atom. The van der Waals surface area contributed by atoms with Gasteiger partial charge in [-0.05, 0) is 30.2 Å². The molecule has 2 rings (SSSR count). The van der Waals surface area contributed by atoms with Crippen molar-refractivity contribution in [3.63, 3.8) is 0 Å². The summed E-state index contributed by atoms with van der Waals surface area (Å²) in [6, 6.07) is 4.70. The van der Waals surface area contributed by atoms with E-state index in [1.165, 1.54) is 12.1 Å². The first-order valence-corrected chi connectivity index (χ1v) is 4.10. The first-order chi connectivity index (χ1) is 6.31. The van der Waals surface area contributed by atoms with E-state index in [9.17, 15) is 4.39 Å². The van der Waals surface area contributed by atoms with Crippen LogP contribution in [-0.4, -0.2) is 4.98 Å². The molecule has 13 heavy (non-hydrogen) atoms. The van der Waals surface area contributed by atoms with Crippen molar-refractivity contribution in [3.8, 4) is 0 Å². The van der Waals surface area contributed by atoms with Crippen molar-refractivity contribution in [1.29, 1.82) is 0 Å². The van der Waals surface area contributed by atoms with Gasteiger partial charge >= 0.3 is 0 Å². The Balaban J connectivity index is 2.55. The number of nitrogens with two attached hydrogens (primary N) is 1. The van der Waals surface area contributed by atoms with Gasteiger partial charge in [0.2, 0.25) is 0 Å². The summed E-state index contributed by atoms with van der Waals surface area (Å²) in [5.74, 6) is -0.224. The number of benzene rings is 1. The number of fused-ring (bicyclic) bond motifs is 1. The minimum atomic E-state index is -0.224. The van der Waals surface area contributed by atoms with Gasteiger partial charge in [-0.15, -0.1) is 0 Å². The summed E-state index contributed by atoms with van der Waals surface area (Å²) >= 11 is 0. The second kappa shape index (κ2) is 3.18. The Kier molecular flexibility index (Phi) is 2.02. The van der Waals surface area contributed by atoms with Crippen LogP contribution in [0.5, 0.6) is 0 Å². The monoisotopic (exact) mass is 177 g/mol. The molecule has 2 aromatic rings. The van der Waals surface area contributed by atoms with E-state index in [0.717, 1.165) is 16.5 Å². The summed E-state index contributed by atoms with van der Waals surface area (Å²) in [4.78, 5) is 3.00. The van der Waals surface area contributed by atoms with E-state index in [1.54, 1.807) is 12.6 Å². The fourth-order valence-corrected chi connectivity index (χ4v) is 1.45. The number of H-pyrrole nitrogens is 1. The molecule has 3 heteroatoms. The molecule has 1 radical (unpaired) electrons. The molecule has 1 aromatic heterocycles. The lowest BCUT2D eigenvalue weighted by atomic mass is 10.1. The van der Waals surface area contributed by atoms with Crippen molar-refractivity contribution in [2.45, 2.75) is 6.42 Å². The molecular weight excluding hydrogens is 167 g/mol. The molecular formula is C10H10FN2. The lowest BCUT2D eigenvalue weighted by Gasteiger charge is -1.94. The molecule has 67 valence electrons. The maximum absolute atomic E-state index is 12.8. The Hall–Kier alpha value is -1.35. The number of hydrogen-bond acceptors (Lipinski definition) is 1. The highest BCUT2D eigenvalue weighted by atomic mass is 19.1. The largest absolute Gasteiger partial charge is 0.361 e. The molecule has 0 amide bonds. The molecule has 3 N–H and O–H groups in total. The van der Waals surface area contributed by atoms with Crippen LogP contribution in [0.15, 0.2) is 24.4 Å². The Labute approximate surface area is 75.6 Å². The number of aromatic nitrogens is 1. The van der Waals surface area contributed by atoms with Crippen LogP contribution in [0.1, 0.15) is 5.56 Å². The molecule has 0 atom stereocenters. The topological polar surface area (TPSA) is 41.8 Å². The van der Waals surface area contributed by atoms with E-state index in [4.69, 9.17) is 5.73 Å². The summed E-state index contributed by atoms with van der Waals surface area (Å²) in [6.07, 6.45) is 2.55. The third-order valence-corrected chi connectivity index (χ3v) is 2.07. The molecule has 1 aromatic carbocycles. The van der Waals surface area contributed by atoms with Gasteiger partial charge in [0.15, 0.2) is 0 Å². The van der Waals surface area contributed by atoms with E-state index < -0.39 is 0 Å². The SMILES string of the molecule is N[CH]Cc1c[nH]c2cc(F)ccc12. The van der Waals surface area contributed by atoms with Crippen LogP contribution in [0.25, 0.3) is 10.9 Å². The molecule has 0 aliphatic rings. The van der Waals surface area contributed by atoms with Crippen molar-refractivity contribution in [3.05, 3.63) is 42.3 Å². The van der Waals surface area contributed by atoms with Crippen LogP contribution in [0, 0.1) is 12.4 Å². The van der Waals surface area contributed by atoms with Crippen molar-refractivity contribution in [2.24, 2.45) is 5.73 Å². The average Bonchev–Trinajstić information content (AvgIpc) is 2.49. The molecule has 0 aliphatic carbocycles. The summed E-state index contributed by atoms with van der Waals surface area (Å²) in [5, 5.41) is 1.03. The molecule has 0 bridgehead atoms. The normalized spacial score (nSPS) is 10.9. The molecule has 1 heterocycles. The number of rotatable bonds is 2. The van der Waals surface area contributed by atoms with Crippen LogP contribution in [0.2, 0.25) is 0 Å². The minimum Gasteiger partial charge on any atom is -0.361 e. The smallest absolute Gasteiger partial charge is 0.125 e. The Morgan fingerprint density at radius 1 is 1.46 bits per heavy atom. The number of hydrogen-bond donors (Lipinski definition) is 2. The van der Waals surface area contributed by atoms with Crippen LogP contribution in [0.3, 0.4) is 0 Å². The van der Waals surface area contributed by atoms with Crippen LogP contribution in [0.4, 0.5) is 4.39 Å². The fraction of sp³-hybridized carbons (Fsp3) is 0.100. The summed E-state index contributed by atoms with van der Waals surface area (Å²) in [5.41, 5.74) is 7.24. The summed E-state index contributed by atoms with van der Waals surface area (Å²) < 4.78 is 12.8. The molecule has 0 saturated carbocycles. The average molecular weight is 177 g/mol. The van der Waals surface area contributed by atoms with Gasteiger partial charge in [0.05, 0.1) is 0 Å². The van der Waals surface area contributed by atoms with E-state index in [-0.39, 0.29) is 5.82 Å². The molecule has 2 nitrogen and oxygen atoms in total. The van der Waals surface area contributed by atoms with Crippen molar-refractivity contribution in [2.75, 3.05) is 0 Å². The summed E-state index contributed by atoms with van der Waals surface area (Å²) in [7, 11) is 0. The lowest BCUT2D eigenvalue weighted by molar-refractivity contribution is 0.629. The van der Waals surface area contributed by atoms with E-state index in [2.05, 4.69) is 4.98 Å². The number of aromatic amines is 1. The maximum atomic E-state index is 12.8. The first kappa shape index (κ1) is 8.26. The van der Waals surface area contributed by atoms with Crippen molar-refractivity contribution in [1.82, 2.24) is 4.98 Å². The fourth-order valence-electron chi connectivity index (χ4n) is 1.45. The molecule has 0 fully saturated rings. The number of nitrogens with one attached hydrogen (secondary N) is 1. The first-order valence-electron chi connectivity index (χ1n) is 4.10. The van der Waals surface area contributed by atoms with Gasteiger partial charge in [-0.2, -0.15) is 0 Å². The van der Waals surface area contributed by atoms with Crippen molar-refractivity contribution < 1.29 is 4.39 Å². The molecule has 0 unspecified atom stereocenters. The van der Waals surface area contributed by atoms with Gasteiger partial charge in [-0.1, -0.05) is 0 Å². The lowest BCUT2D eigenvalue weighted by Crippen LogP contribution is -1.93. The van der Waals surface area contributed by atoms with Gasteiger partial charge < -0.3 is 10.7 Å². The van der Waals surface area contributed by atoms with Gasteiger partial charge in [-0.25, -0.2) is 4.39 Å². The third kappa shape index (κ3) is 1.42. The molecule has 0 aliphatic heterocycles. The second-order valence-corrected chi connectivity index (χ2v) is 2.94. The predicted molar refractivity (Wildman–Crippen MR) is 50.4 cm³/mol. The highest BCUT2D eigenvalue weighted by molar-refractivity contribution is 5.83. The quantitative estimate of drug-likeness (QED) is 0.723. The van der Waals surface area contributed by atoms with Gasteiger partial charge in [-0.3, -0.25) is 0 Å². The van der Waals surface area contributed by atoms with E-state index in [1.807, 2.05) is 6.20 Å². The number of halogens is 1. The zero-order valence-corrected chi connectivity index (χ0v) is 7.05. The Morgan fingerprint density at radius 3 is 3.08 bits per heavy atom. The highest BCUT2D eigenvalue weighted by Gasteiger charge is 2.02. The standard InChI is InChI=1S/C10H10FN2/c11-8-1-2-9-7(3-4-12)6-13-10(9)5-8/h1-2,4-6,13H,3,12H2. The maximum Gasteiger partial charge on any atom is 0.125 e. The van der Waals surface area contributed by atoms with E-state index in [0.29, 0.717) is 6.42 Å². The van der Waals surface area contributed by atoms with E-state index >= 15 is 0 Å². The Bertz CT molecular complexity index is 420. The molecule has 0 saturated heterocycles. The van der Waals surface area contributed by atoms with Gasteiger partial charge in [0, 0.05) is 23.6 Å². The third-order valence-electron chi connectivity index (χ3n) is 2.07. The zero-order chi connectivity index (χ0) is 9.26.